The monoisotopic (exact) mass is 390 g/mol. The predicted octanol–water partition coefficient (Wildman–Crippen LogP) is 2.00. The van der Waals surface area contributed by atoms with Gasteiger partial charge in [-0.3, -0.25) is 19.1 Å². The molecule has 1 aliphatic heterocycles. The van der Waals surface area contributed by atoms with Crippen LogP contribution in [0.25, 0.3) is 0 Å². The smallest absolute Gasteiger partial charge is 0.248 e. The molecule has 2 heterocycles. The van der Waals surface area contributed by atoms with Gasteiger partial charge in [-0.2, -0.15) is 5.10 Å². The van der Waals surface area contributed by atoms with Crippen LogP contribution in [0.3, 0.4) is 0 Å². The van der Waals surface area contributed by atoms with E-state index >= 15 is 0 Å². The second-order valence-electron chi connectivity index (χ2n) is 8.01. The van der Waals surface area contributed by atoms with E-state index in [1.54, 1.807) is 16.9 Å². The van der Waals surface area contributed by atoms with Crippen LogP contribution in [0.15, 0.2) is 12.3 Å². The molecule has 2 aliphatic rings. The lowest BCUT2D eigenvalue weighted by molar-refractivity contribution is -0.135. The molecule has 0 bridgehead atoms. The van der Waals surface area contributed by atoms with E-state index in [-0.39, 0.29) is 36.7 Å². The summed E-state index contributed by atoms with van der Waals surface area (Å²) in [6.07, 6.45) is 6.92. The van der Waals surface area contributed by atoms with Crippen LogP contribution >= 0.6 is 0 Å². The zero-order valence-electron chi connectivity index (χ0n) is 16.7. The second-order valence-corrected chi connectivity index (χ2v) is 8.01. The Labute approximate surface area is 165 Å². The molecular formula is C20H30N4O4. The highest BCUT2D eigenvalue weighted by molar-refractivity contribution is 6.08. The van der Waals surface area contributed by atoms with Crippen molar-refractivity contribution in [2.45, 2.75) is 71.1 Å². The molecule has 1 saturated carbocycles. The number of likely N-dealkylation sites (tertiary alicyclic amines) is 1. The van der Waals surface area contributed by atoms with Gasteiger partial charge in [0.25, 0.3) is 0 Å². The molecule has 3 rings (SSSR count). The van der Waals surface area contributed by atoms with Crippen molar-refractivity contribution < 1.29 is 19.1 Å². The van der Waals surface area contributed by atoms with Gasteiger partial charge in [0.1, 0.15) is 6.04 Å². The first-order chi connectivity index (χ1) is 13.4. The maximum absolute atomic E-state index is 13.0. The topological polar surface area (TPSA) is 93.5 Å². The minimum atomic E-state index is -0.614. The van der Waals surface area contributed by atoms with Gasteiger partial charge in [-0.1, -0.05) is 25.7 Å². The molecule has 1 unspecified atom stereocenters. The van der Waals surface area contributed by atoms with Crippen LogP contribution in [-0.2, 0) is 25.7 Å². The fourth-order valence-corrected chi connectivity index (χ4v) is 3.97. The third-order valence-corrected chi connectivity index (χ3v) is 5.39. The maximum Gasteiger partial charge on any atom is 0.248 e. The number of hydrogen-bond acceptors (Lipinski definition) is 5. The molecule has 0 radical (unpaired) electrons. The first-order valence-electron chi connectivity index (χ1n) is 10.2. The van der Waals surface area contributed by atoms with Crippen molar-refractivity contribution in [2.24, 2.45) is 5.92 Å². The van der Waals surface area contributed by atoms with Gasteiger partial charge in [0.2, 0.25) is 11.8 Å². The summed E-state index contributed by atoms with van der Waals surface area (Å²) in [5, 5.41) is 7.19. The molecule has 0 aromatic carbocycles. The lowest BCUT2D eigenvalue weighted by Crippen LogP contribution is -2.46. The van der Waals surface area contributed by atoms with Crippen molar-refractivity contribution in [3.8, 4) is 0 Å². The minimum Gasteiger partial charge on any atom is -0.377 e. The third-order valence-electron chi connectivity index (χ3n) is 5.39. The fourth-order valence-electron chi connectivity index (χ4n) is 3.97. The van der Waals surface area contributed by atoms with Crippen LogP contribution in [0, 0.1) is 5.92 Å². The number of hydrogen-bond donors (Lipinski definition) is 1. The molecule has 1 saturated heterocycles. The summed E-state index contributed by atoms with van der Waals surface area (Å²) in [6.45, 7) is 5.12. The lowest BCUT2D eigenvalue weighted by atomic mass is 9.97. The number of nitrogens with one attached hydrogen (secondary N) is 1. The highest BCUT2D eigenvalue weighted by Crippen LogP contribution is 2.31. The molecule has 28 heavy (non-hydrogen) atoms. The summed E-state index contributed by atoms with van der Waals surface area (Å²) >= 11 is 0. The molecule has 154 valence electrons. The number of Topliss-reactive ketones (excluding diaryl/α,β-unsaturated/α-hetero) is 1. The van der Waals surface area contributed by atoms with Crippen LogP contribution < -0.4 is 5.32 Å². The second kappa shape index (κ2) is 9.32. The maximum atomic E-state index is 13.0. The Hall–Kier alpha value is -2.22. The highest BCUT2D eigenvalue weighted by atomic mass is 16.5. The van der Waals surface area contributed by atoms with E-state index in [9.17, 15) is 14.4 Å². The average molecular weight is 390 g/mol. The highest BCUT2D eigenvalue weighted by Gasteiger charge is 2.38. The van der Waals surface area contributed by atoms with Crippen LogP contribution in [0.1, 0.15) is 52.4 Å². The summed E-state index contributed by atoms with van der Waals surface area (Å²) in [6, 6.07) is 1.12. The Balaban J connectivity index is 1.63. The Morgan fingerprint density at radius 2 is 2.07 bits per heavy atom. The number of nitrogens with zero attached hydrogens (tertiary/aromatic N) is 3. The van der Waals surface area contributed by atoms with Crippen molar-refractivity contribution in [1.29, 1.82) is 0 Å². The van der Waals surface area contributed by atoms with Crippen molar-refractivity contribution in [3.63, 3.8) is 0 Å². The standard InChI is InChI=1S/C20H30N4O4/c1-14(2)28-10-9-23-8-7-18(22-23)21-20(27)17(11-15-5-3-4-6-15)24-13-16(25)12-19(24)26/h7-8,14-15,17H,3-6,9-13H2,1-2H3,(H,21,22,27). The SMILES string of the molecule is CC(C)OCCn1ccc(NC(=O)C(CC2CCCC2)N2CC(=O)CC2=O)n1. The van der Waals surface area contributed by atoms with Crippen molar-refractivity contribution in [1.82, 2.24) is 14.7 Å². The summed E-state index contributed by atoms with van der Waals surface area (Å²) in [7, 11) is 0. The van der Waals surface area contributed by atoms with Crippen LogP contribution in [-0.4, -0.2) is 57.6 Å². The summed E-state index contributed by atoms with van der Waals surface area (Å²) in [4.78, 5) is 38.4. The minimum absolute atomic E-state index is 0.0324. The molecule has 1 N–H and O–H groups in total. The van der Waals surface area contributed by atoms with E-state index in [1.807, 2.05) is 13.8 Å². The number of carbonyl (C=O) groups is 3. The zero-order valence-corrected chi connectivity index (χ0v) is 16.7. The number of rotatable bonds is 9. The van der Waals surface area contributed by atoms with E-state index in [0.29, 0.717) is 31.3 Å². The van der Waals surface area contributed by atoms with Gasteiger partial charge in [-0.05, 0) is 26.2 Å². The number of carbonyl (C=O) groups excluding carboxylic acids is 3. The molecule has 8 heteroatoms. The van der Waals surface area contributed by atoms with Crippen molar-refractivity contribution in [2.75, 3.05) is 18.5 Å². The van der Waals surface area contributed by atoms with Gasteiger partial charge in [-0.15, -0.1) is 0 Å². The molecule has 0 spiro atoms. The van der Waals surface area contributed by atoms with Gasteiger partial charge in [0.05, 0.1) is 32.2 Å². The number of amides is 2. The number of ether oxygens (including phenoxy) is 1. The average Bonchev–Trinajstić information content (AvgIpc) is 3.35. The Kier molecular flexibility index (Phi) is 6.83. The largest absolute Gasteiger partial charge is 0.377 e. The lowest BCUT2D eigenvalue weighted by Gasteiger charge is -2.28. The molecule has 2 amide bonds. The van der Waals surface area contributed by atoms with Crippen molar-refractivity contribution >= 4 is 23.4 Å². The third kappa shape index (κ3) is 5.41. The van der Waals surface area contributed by atoms with E-state index in [1.165, 1.54) is 4.90 Å². The first kappa shape index (κ1) is 20.5. The predicted molar refractivity (Wildman–Crippen MR) is 104 cm³/mol. The molecule has 2 fully saturated rings. The van der Waals surface area contributed by atoms with Crippen LogP contribution in [0.5, 0.6) is 0 Å². The molecule has 1 atom stereocenters. The quantitative estimate of drug-likeness (QED) is 0.651. The van der Waals surface area contributed by atoms with E-state index in [2.05, 4.69) is 10.4 Å². The van der Waals surface area contributed by atoms with Gasteiger partial charge < -0.3 is 15.0 Å². The van der Waals surface area contributed by atoms with E-state index in [4.69, 9.17) is 4.74 Å². The van der Waals surface area contributed by atoms with Gasteiger partial charge in [0.15, 0.2) is 11.6 Å². The van der Waals surface area contributed by atoms with Gasteiger partial charge >= 0.3 is 0 Å². The van der Waals surface area contributed by atoms with E-state index < -0.39 is 6.04 Å². The summed E-state index contributed by atoms with van der Waals surface area (Å²) in [5.74, 6) is 0.232. The molecule has 8 nitrogen and oxygen atoms in total. The number of anilines is 1. The Morgan fingerprint density at radius 3 is 2.71 bits per heavy atom. The molecule has 1 aromatic rings. The van der Waals surface area contributed by atoms with Crippen LogP contribution in [0.4, 0.5) is 5.82 Å². The first-order valence-corrected chi connectivity index (χ1v) is 10.2. The summed E-state index contributed by atoms with van der Waals surface area (Å²) < 4.78 is 7.23. The van der Waals surface area contributed by atoms with E-state index in [0.717, 1.165) is 25.7 Å². The Morgan fingerprint density at radius 1 is 1.32 bits per heavy atom. The molecule has 1 aromatic heterocycles. The van der Waals surface area contributed by atoms with Gasteiger partial charge in [-0.25, -0.2) is 0 Å². The van der Waals surface area contributed by atoms with Crippen molar-refractivity contribution in [3.05, 3.63) is 12.3 Å². The summed E-state index contributed by atoms with van der Waals surface area (Å²) in [5.41, 5.74) is 0. The molecular weight excluding hydrogens is 360 g/mol. The fraction of sp³-hybridized carbons (Fsp3) is 0.700. The number of aromatic nitrogens is 2. The van der Waals surface area contributed by atoms with Gasteiger partial charge in [0, 0.05) is 12.3 Å². The molecule has 1 aliphatic carbocycles. The zero-order chi connectivity index (χ0) is 20.1. The number of ketones is 1. The normalized spacial score (nSPS) is 19.0. The Bertz CT molecular complexity index is 709. The van der Waals surface area contributed by atoms with Crippen LogP contribution in [0.2, 0.25) is 0 Å².